The highest BCUT2D eigenvalue weighted by atomic mass is 35.5. The van der Waals surface area contributed by atoms with Crippen LogP contribution in [0, 0.1) is 0 Å². The van der Waals surface area contributed by atoms with E-state index in [2.05, 4.69) is 0 Å². The minimum Gasteiger partial charge on any atom is -0.478 e. The van der Waals surface area contributed by atoms with E-state index in [4.69, 9.17) is 21.4 Å². The molecule has 0 amide bonds. The number of aromatic carboxylic acids is 1. The Balaban J connectivity index is 3.05. The number of ether oxygens (including phenoxy) is 1. The summed E-state index contributed by atoms with van der Waals surface area (Å²) in [6.45, 7) is 3.42. The summed E-state index contributed by atoms with van der Waals surface area (Å²) in [5.41, 5.74) is 0.0989. The Morgan fingerprint density at radius 3 is 2.31 bits per heavy atom. The van der Waals surface area contributed by atoms with Crippen molar-refractivity contribution in [3.05, 3.63) is 34.3 Å². The summed E-state index contributed by atoms with van der Waals surface area (Å²) in [5, 5.41) is 8.98. The molecule has 0 aliphatic rings. The standard InChI is InChI=1S/C11H11ClO4/c1-6(2)16-11(15)8-3-7(10(13)14)4-9(12)5-8/h3-6H,1-2H3,(H,13,14). The lowest BCUT2D eigenvalue weighted by Gasteiger charge is -2.08. The van der Waals surface area contributed by atoms with E-state index in [1.54, 1.807) is 13.8 Å². The lowest BCUT2D eigenvalue weighted by Crippen LogP contribution is -2.12. The van der Waals surface area contributed by atoms with Crippen LogP contribution in [0.25, 0.3) is 0 Å². The second-order valence-corrected chi connectivity index (χ2v) is 3.92. The van der Waals surface area contributed by atoms with E-state index < -0.39 is 11.9 Å². The maximum Gasteiger partial charge on any atom is 0.338 e. The molecule has 0 aliphatic heterocycles. The summed E-state index contributed by atoms with van der Waals surface area (Å²) in [4.78, 5) is 22.2. The van der Waals surface area contributed by atoms with Gasteiger partial charge in [0.1, 0.15) is 0 Å². The van der Waals surface area contributed by atoms with Crippen LogP contribution in [0.2, 0.25) is 5.02 Å². The smallest absolute Gasteiger partial charge is 0.338 e. The number of esters is 1. The van der Waals surface area contributed by atoms with Crippen molar-refractivity contribution >= 4 is 23.5 Å². The van der Waals surface area contributed by atoms with Gasteiger partial charge in [-0.2, -0.15) is 0 Å². The molecule has 1 N–H and O–H groups in total. The molecule has 0 spiro atoms. The molecular formula is C11H11ClO4. The number of benzene rings is 1. The quantitative estimate of drug-likeness (QED) is 0.828. The van der Waals surface area contributed by atoms with Crippen molar-refractivity contribution in [2.45, 2.75) is 20.0 Å². The summed E-state index contributed by atoms with van der Waals surface area (Å²) in [6.07, 6.45) is -0.264. The van der Waals surface area contributed by atoms with E-state index in [9.17, 15) is 9.59 Å². The number of carboxylic acid groups (broad SMARTS) is 1. The molecule has 1 aromatic carbocycles. The van der Waals surface area contributed by atoms with Gasteiger partial charge in [-0.05, 0) is 32.0 Å². The molecule has 0 radical (unpaired) electrons. The second kappa shape index (κ2) is 4.99. The van der Waals surface area contributed by atoms with Crippen LogP contribution in [0.3, 0.4) is 0 Å². The number of halogens is 1. The zero-order chi connectivity index (χ0) is 12.3. The minimum atomic E-state index is -1.14. The van der Waals surface area contributed by atoms with E-state index in [1.165, 1.54) is 18.2 Å². The molecule has 0 atom stereocenters. The summed E-state index contributed by atoms with van der Waals surface area (Å²) < 4.78 is 4.94. The fraction of sp³-hybridized carbons (Fsp3) is 0.273. The number of hydrogen-bond donors (Lipinski definition) is 1. The SMILES string of the molecule is CC(C)OC(=O)c1cc(Cl)cc(C(=O)O)c1. The van der Waals surface area contributed by atoms with E-state index >= 15 is 0 Å². The van der Waals surface area contributed by atoms with E-state index in [0.29, 0.717) is 0 Å². The average molecular weight is 243 g/mol. The summed E-state index contributed by atoms with van der Waals surface area (Å²) in [7, 11) is 0. The first-order valence-electron chi connectivity index (χ1n) is 4.65. The Morgan fingerprint density at radius 1 is 1.25 bits per heavy atom. The molecule has 16 heavy (non-hydrogen) atoms. The van der Waals surface area contributed by atoms with E-state index in [0.717, 1.165) is 0 Å². The van der Waals surface area contributed by atoms with Crippen molar-refractivity contribution in [1.29, 1.82) is 0 Å². The lowest BCUT2D eigenvalue weighted by molar-refractivity contribution is 0.0378. The van der Waals surface area contributed by atoms with Crippen molar-refractivity contribution < 1.29 is 19.4 Å². The van der Waals surface area contributed by atoms with Gasteiger partial charge in [0.2, 0.25) is 0 Å². The van der Waals surface area contributed by atoms with Gasteiger partial charge in [0.15, 0.2) is 0 Å². The third-order valence-corrected chi connectivity index (χ3v) is 1.94. The summed E-state index contributed by atoms with van der Waals surface area (Å²) >= 11 is 5.70. The Kier molecular flexibility index (Phi) is 3.90. The van der Waals surface area contributed by atoms with Crippen LogP contribution in [0.4, 0.5) is 0 Å². The summed E-state index contributed by atoms with van der Waals surface area (Å²) in [6, 6.07) is 3.88. The minimum absolute atomic E-state index is 0.0387. The van der Waals surface area contributed by atoms with Gasteiger partial charge in [0.05, 0.1) is 17.2 Å². The largest absolute Gasteiger partial charge is 0.478 e. The van der Waals surface area contributed by atoms with Crippen LogP contribution >= 0.6 is 11.6 Å². The number of rotatable bonds is 3. The van der Waals surface area contributed by atoms with Crippen molar-refractivity contribution in [1.82, 2.24) is 0 Å². The molecule has 1 rings (SSSR count). The van der Waals surface area contributed by atoms with Gasteiger partial charge in [-0.1, -0.05) is 11.6 Å². The van der Waals surface area contributed by atoms with Crippen LogP contribution in [0.1, 0.15) is 34.6 Å². The molecule has 86 valence electrons. The molecule has 0 heterocycles. The van der Waals surface area contributed by atoms with Gasteiger partial charge in [-0.15, -0.1) is 0 Å². The Bertz CT molecular complexity index is 426. The van der Waals surface area contributed by atoms with Crippen LogP contribution in [-0.4, -0.2) is 23.1 Å². The Morgan fingerprint density at radius 2 is 1.81 bits per heavy atom. The zero-order valence-electron chi connectivity index (χ0n) is 8.86. The second-order valence-electron chi connectivity index (χ2n) is 3.49. The first kappa shape index (κ1) is 12.5. The third kappa shape index (κ3) is 3.24. The van der Waals surface area contributed by atoms with Crippen molar-refractivity contribution in [3.63, 3.8) is 0 Å². The molecule has 0 fully saturated rings. The molecule has 0 aromatic heterocycles. The number of carboxylic acids is 1. The van der Waals surface area contributed by atoms with Gasteiger partial charge in [0, 0.05) is 5.02 Å². The molecule has 4 nitrogen and oxygen atoms in total. The molecule has 0 aliphatic carbocycles. The molecule has 0 bridgehead atoms. The van der Waals surface area contributed by atoms with Crippen LogP contribution < -0.4 is 0 Å². The van der Waals surface area contributed by atoms with Crippen LogP contribution in [-0.2, 0) is 4.74 Å². The number of carbonyl (C=O) groups is 2. The van der Waals surface area contributed by atoms with Gasteiger partial charge in [0.25, 0.3) is 0 Å². The monoisotopic (exact) mass is 242 g/mol. The van der Waals surface area contributed by atoms with Crippen molar-refractivity contribution in [2.75, 3.05) is 0 Å². The van der Waals surface area contributed by atoms with Crippen LogP contribution in [0.15, 0.2) is 18.2 Å². The van der Waals surface area contributed by atoms with Crippen molar-refractivity contribution in [2.24, 2.45) is 0 Å². The molecule has 0 saturated heterocycles. The molecule has 5 heteroatoms. The van der Waals surface area contributed by atoms with E-state index in [-0.39, 0.29) is 22.3 Å². The molecule has 0 saturated carbocycles. The first-order valence-corrected chi connectivity index (χ1v) is 5.03. The summed E-state index contributed by atoms with van der Waals surface area (Å²) in [5.74, 6) is -1.72. The molecule has 0 unspecified atom stereocenters. The maximum atomic E-state index is 11.5. The lowest BCUT2D eigenvalue weighted by atomic mass is 10.1. The molecular weight excluding hydrogens is 232 g/mol. The zero-order valence-corrected chi connectivity index (χ0v) is 9.62. The highest BCUT2D eigenvalue weighted by Crippen LogP contribution is 2.16. The highest BCUT2D eigenvalue weighted by Gasteiger charge is 2.13. The van der Waals surface area contributed by atoms with Crippen LogP contribution in [0.5, 0.6) is 0 Å². The fourth-order valence-corrected chi connectivity index (χ4v) is 1.35. The average Bonchev–Trinajstić information content (AvgIpc) is 2.15. The predicted molar refractivity (Wildman–Crippen MR) is 59.0 cm³/mol. The molecule has 1 aromatic rings. The fourth-order valence-electron chi connectivity index (χ4n) is 1.11. The van der Waals surface area contributed by atoms with Gasteiger partial charge < -0.3 is 9.84 Å². The topological polar surface area (TPSA) is 63.6 Å². The Labute approximate surface area is 97.8 Å². The first-order chi connectivity index (χ1) is 7.40. The maximum absolute atomic E-state index is 11.5. The third-order valence-electron chi connectivity index (χ3n) is 1.72. The predicted octanol–water partition coefficient (Wildman–Crippen LogP) is 2.60. The Hall–Kier alpha value is -1.55. The van der Waals surface area contributed by atoms with Gasteiger partial charge in [-0.25, -0.2) is 9.59 Å². The highest BCUT2D eigenvalue weighted by molar-refractivity contribution is 6.31. The van der Waals surface area contributed by atoms with Gasteiger partial charge in [-0.3, -0.25) is 0 Å². The van der Waals surface area contributed by atoms with Crippen molar-refractivity contribution in [3.8, 4) is 0 Å². The number of carbonyl (C=O) groups excluding carboxylic acids is 1. The normalized spacial score (nSPS) is 10.2. The van der Waals surface area contributed by atoms with Gasteiger partial charge >= 0.3 is 11.9 Å². The number of hydrogen-bond acceptors (Lipinski definition) is 3. The van der Waals surface area contributed by atoms with E-state index in [1.807, 2.05) is 0 Å².